The van der Waals surface area contributed by atoms with Crippen LogP contribution in [0.25, 0.3) is 10.9 Å². The second-order valence-corrected chi connectivity index (χ2v) is 8.55. The van der Waals surface area contributed by atoms with Crippen LogP contribution in [-0.2, 0) is 22.6 Å². The molecule has 8 nitrogen and oxygen atoms in total. The van der Waals surface area contributed by atoms with Crippen LogP contribution in [-0.4, -0.2) is 30.2 Å². The normalized spacial score (nSPS) is 10.7. The van der Waals surface area contributed by atoms with Crippen molar-refractivity contribution in [3.05, 3.63) is 99.8 Å². The van der Waals surface area contributed by atoms with Gasteiger partial charge in [0, 0.05) is 29.5 Å². The third kappa shape index (κ3) is 6.16. The van der Waals surface area contributed by atoms with Crippen LogP contribution in [0.3, 0.4) is 0 Å². The molecule has 37 heavy (non-hydrogen) atoms. The third-order valence-corrected chi connectivity index (χ3v) is 5.89. The Morgan fingerprint density at radius 2 is 1.62 bits per heavy atom. The number of carbonyl (C=O) groups excluding carboxylic acids is 2. The molecule has 0 unspecified atom stereocenters. The number of nitrogens with zero attached hydrogens (tertiary/aromatic N) is 1. The van der Waals surface area contributed by atoms with Gasteiger partial charge in [0.2, 0.25) is 5.91 Å². The topological polar surface area (TPSA) is 98.7 Å². The SMILES string of the molecule is CCOC(=O)c1ccc(NC(=O)Cn2c(=O)c(CNc3ccc(C)cc3)cc3ccc(OC)cc32)cc1. The summed E-state index contributed by atoms with van der Waals surface area (Å²) in [5, 5.41) is 6.89. The highest BCUT2D eigenvalue weighted by Crippen LogP contribution is 2.21. The average Bonchev–Trinajstić information content (AvgIpc) is 2.90. The van der Waals surface area contributed by atoms with Crippen molar-refractivity contribution in [2.75, 3.05) is 24.4 Å². The van der Waals surface area contributed by atoms with E-state index >= 15 is 0 Å². The zero-order valence-electron chi connectivity index (χ0n) is 21.0. The number of aryl methyl sites for hydroxylation is 1. The maximum Gasteiger partial charge on any atom is 0.338 e. The summed E-state index contributed by atoms with van der Waals surface area (Å²) in [5.74, 6) is -0.219. The number of benzene rings is 3. The third-order valence-electron chi connectivity index (χ3n) is 5.89. The average molecular weight is 500 g/mol. The largest absolute Gasteiger partial charge is 0.497 e. The first-order chi connectivity index (χ1) is 17.9. The summed E-state index contributed by atoms with van der Waals surface area (Å²) in [7, 11) is 1.55. The van der Waals surface area contributed by atoms with Crippen LogP contribution in [0.5, 0.6) is 5.75 Å². The fourth-order valence-electron chi connectivity index (χ4n) is 3.94. The summed E-state index contributed by atoms with van der Waals surface area (Å²) < 4.78 is 11.8. The lowest BCUT2D eigenvalue weighted by Gasteiger charge is -2.15. The van der Waals surface area contributed by atoms with Gasteiger partial charge in [-0.2, -0.15) is 0 Å². The van der Waals surface area contributed by atoms with E-state index in [1.54, 1.807) is 44.4 Å². The van der Waals surface area contributed by atoms with Gasteiger partial charge in [0.25, 0.3) is 5.56 Å². The maximum atomic E-state index is 13.5. The minimum Gasteiger partial charge on any atom is -0.497 e. The summed E-state index contributed by atoms with van der Waals surface area (Å²) >= 11 is 0. The Balaban J connectivity index is 1.59. The fraction of sp³-hybridized carbons (Fsp3) is 0.207. The van der Waals surface area contributed by atoms with Crippen LogP contribution >= 0.6 is 0 Å². The number of hydrogen-bond donors (Lipinski definition) is 2. The molecule has 1 aromatic heterocycles. The number of amides is 1. The molecule has 0 atom stereocenters. The minimum absolute atomic E-state index is 0.194. The van der Waals surface area contributed by atoms with Crippen molar-refractivity contribution in [2.45, 2.75) is 26.9 Å². The van der Waals surface area contributed by atoms with Crippen molar-refractivity contribution in [3.8, 4) is 5.75 Å². The first kappa shape index (κ1) is 25.5. The summed E-state index contributed by atoms with van der Waals surface area (Å²) in [6.45, 7) is 4.15. The minimum atomic E-state index is -0.427. The molecule has 0 spiro atoms. The lowest BCUT2D eigenvalue weighted by molar-refractivity contribution is -0.116. The second kappa shape index (κ2) is 11.4. The van der Waals surface area contributed by atoms with Gasteiger partial charge in [-0.1, -0.05) is 17.7 Å². The van der Waals surface area contributed by atoms with Gasteiger partial charge in [-0.15, -0.1) is 0 Å². The Kier molecular flexibility index (Phi) is 7.88. The Labute approximate surface area is 214 Å². The van der Waals surface area contributed by atoms with Crippen molar-refractivity contribution in [1.29, 1.82) is 0 Å². The van der Waals surface area contributed by atoms with E-state index in [0.717, 1.165) is 16.6 Å². The van der Waals surface area contributed by atoms with Crippen LogP contribution in [0, 0.1) is 6.92 Å². The molecule has 0 saturated heterocycles. The summed E-state index contributed by atoms with van der Waals surface area (Å²) in [4.78, 5) is 38.3. The molecule has 4 rings (SSSR count). The second-order valence-electron chi connectivity index (χ2n) is 8.55. The number of rotatable bonds is 9. The Bertz CT molecular complexity index is 1470. The molecule has 190 valence electrons. The highest BCUT2D eigenvalue weighted by atomic mass is 16.5. The van der Waals surface area contributed by atoms with E-state index in [9.17, 15) is 14.4 Å². The highest BCUT2D eigenvalue weighted by Gasteiger charge is 2.14. The Morgan fingerprint density at radius 1 is 0.919 bits per heavy atom. The number of esters is 1. The van der Waals surface area contributed by atoms with Gasteiger partial charge < -0.3 is 20.1 Å². The molecule has 0 bridgehead atoms. The van der Waals surface area contributed by atoms with Gasteiger partial charge in [-0.25, -0.2) is 4.79 Å². The van der Waals surface area contributed by atoms with Crippen LogP contribution in [0.15, 0.2) is 77.6 Å². The molecule has 0 fully saturated rings. The number of ether oxygens (including phenoxy) is 2. The summed E-state index contributed by atoms with van der Waals surface area (Å²) in [6, 6.07) is 21.6. The molecule has 2 N–H and O–H groups in total. The molecule has 0 saturated carbocycles. The van der Waals surface area contributed by atoms with E-state index in [1.807, 2.05) is 49.4 Å². The van der Waals surface area contributed by atoms with Crippen molar-refractivity contribution in [3.63, 3.8) is 0 Å². The number of hydrogen-bond acceptors (Lipinski definition) is 6. The highest BCUT2D eigenvalue weighted by molar-refractivity contribution is 5.93. The van der Waals surface area contributed by atoms with E-state index in [4.69, 9.17) is 9.47 Å². The molecule has 0 aliphatic carbocycles. The number of anilines is 2. The van der Waals surface area contributed by atoms with E-state index in [1.165, 1.54) is 4.57 Å². The fourth-order valence-corrected chi connectivity index (χ4v) is 3.94. The van der Waals surface area contributed by atoms with E-state index in [-0.39, 0.29) is 24.6 Å². The van der Waals surface area contributed by atoms with Crippen molar-refractivity contribution >= 4 is 34.2 Å². The smallest absolute Gasteiger partial charge is 0.338 e. The number of fused-ring (bicyclic) bond motifs is 1. The molecular weight excluding hydrogens is 470 g/mol. The zero-order chi connectivity index (χ0) is 26.4. The number of aromatic nitrogens is 1. The number of nitrogens with one attached hydrogen (secondary N) is 2. The van der Waals surface area contributed by atoms with Crippen molar-refractivity contribution < 1.29 is 19.1 Å². The molecule has 1 heterocycles. The Hall–Kier alpha value is -4.59. The predicted molar refractivity (Wildman–Crippen MR) is 144 cm³/mol. The monoisotopic (exact) mass is 499 g/mol. The summed E-state index contributed by atoms with van der Waals surface area (Å²) in [5.41, 5.74) is 3.80. The van der Waals surface area contributed by atoms with Gasteiger partial charge >= 0.3 is 5.97 Å². The van der Waals surface area contributed by atoms with E-state index in [0.29, 0.717) is 34.6 Å². The number of pyridine rings is 1. The lowest BCUT2D eigenvalue weighted by atomic mass is 10.1. The van der Waals surface area contributed by atoms with Crippen LogP contribution in [0.4, 0.5) is 11.4 Å². The molecule has 4 aromatic rings. The first-order valence-electron chi connectivity index (χ1n) is 12.0. The quantitative estimate of drug-likeness (QED) is 0.323. The summed E-state index contributed by atoms with van der Waals surface area (Å²) in [6.07, 6.45) is 0. The maximum absolute atomic E-state index is 13.5. The zero-order valence-corrected chi connectivity index (χ0v) is 21.0. The number of carbonyl (C=O) groups is 2. The standard InChI is InChI=1S/C29H29N3O5/c1-4-37-29(35)20-7-12-24(13-8-20)31-27(33)18-32-26-16-25(36-3)14-9-21(26)15-22(28(32)34)17-30-23-10-5-19(2)6-11-23/h5-16,30H,4,17-18H2,1-3H3,(H,31,33). The van der Waals surface area contributed by atoms with Crippen molar-refractivity contribution in [2.24, 2.45) is 0 Å². The van der Waals surface area contributed by atoms with Crippen molar-refractivity contribution in [1.82, 2.24) is 4.57 Å². The molecule has 0 radical (unpaired) electrons. The van der Waals surface area contributed by atoms with Gasteiger partial charge in [0.1, 0.15) is 12.3 Å². The first-order valence-corrected chi connectivity index (χ1v) is 12.0. The molecule has 0 aliphatic rings. The molecule has 3 aromatic carbocycles. The van der Waals surface area contributed by atoms with Gasteiger partial charge in [-0.05, 0) is 73.8 Å². The Morgan fingerprint density at radius 3 is 2.30 bits per heavy atom. The van der Waals surface area contributed by atoms with E-state index in [2.05, 4.69) is 10.6 Å². The van der Waals surface area contributed by atoms with Crippen LogP contribution < -0.4 is 20.9 Å². The van der Waals surface area contributed by atoms with Crippen LogP contribution in [0.2, 0.25) is 0 Å². The van der Waals surface area contributed by atoms with E-state index < -0.39 is 5.97 Å². The molecule has 8 heteroatoms. The lowest BCUT2D eigenvalue weighted by Crippen LogP contribution is -2.30. The molecule has 1 amide bonds. The van der Waals surface area contributed by atoms with Gasteiger partial charge in [0.15, 0.2) is 0 Å². The molecular formula is C29H29N3O5. The van der Waals surface area contributed by atoms with Gasteiger partial charge in [-0.3, -0.25) is 14.2 Å². The molecule has 0 aliphatic heterocycles. The number of methoxy groups -OCH3 is 1. The van der Waals surface area contributed by atoms with Gasteiger partial charge in [0.05, 0.1) is 24.8 Å². The predicted octanol–water partition coefficient (Wildman–Crippen LogP) is 4.75. The van der Waals surface area contributed by atoms with Crippen LogP contribution in [0.1, 0.15) is 28.4 Å².